The number of anilines is 1. The van der Waals surface area contributed by atoms with Crippen molar-refractivity contribution in [3.05, 3.63) is 52.6 Å². The van der Waals surface area contributed by atoms with E-state index in [0.717, 1.165) is 5.56 Å². The molecule has 0 radical (unpaired) electrons. The molecule has 0 spiro atoms. The van der Waals surface area contributed by atoms with Gasteiger partial charge in [0.1, 0.15) is 6.73 Å². The first kappa shape index (κ1) is 20.0. The van der Waals surface area contributed by atoms with Crippen molar-refractivity contribution < 1.29 is 14.3 Å². The number of carbonyl (C=O) groups is 1. The largest absolute Gasteiger partial charge is 0.374 e. The van der Waals surface area contributed by atoms with Crippen molar-refractivity contribution in [3.63, 3.8) is 0 Å². The molecule has 0 aliphatic heterocycles. The maximum absolute atomic E-state index is 12.3. The minimum atomic E-state index is -0.433. The molecule has 2 heterocycles. The first-order valence-electron chi connectivity index (χ1n) is 8.59. The number of alkyl halides is 1. The Hall–Kier alpha value is -2.75. The summed E-state index contributed by atoms with van der Waals surface area (Å²) in [7, 11) is 0. The van der Waals surface area contributed by atoms with E-state index in [-0.39, 0.29) is 41.7 Å². The number of hydrogen-bond acceptors (Lipinski definition) is 6. The quantitative estimate of drug-likeness (QED) is 0.526. The van der Waals surface area contributed by atoms with Crippen LogP contribution in [-0.2, 0) is 27.6 Å². The predicted octanol–water partition coefficient (Wildman–Crippen LogP) is 1.88. The Morgan fingerprint density at radius 3 is 2.86 bits per heavy atom. The Kier molecular flexibility index (Phi) is 6.75. The normalized spacial score (nSPS) is 12.2. The number of H-pyrrole nitrogens is 1. The number of nitrogens with one attached hydrogen (secondary N) is 2. The lowest BCUT2D eigenvalue weighted by atomic mass is 10.2. The Morgan fingerprint density at radius 2 is 2.14 bits per heavy atom. The van der Waals surface area contributed by atoms with Crippen LogP contribution in [0.1, 0.15) is 12.5 Å². The lowest BCUT2D eigenvalue weighted by Crippen LogP contribution is -2.24. The second kappa shape index (κ2) is 9.45. The van der Waals surface area contributed by atoms with Gasteiger partial charge in [0, 0.05) is 6.92 Å². The van der Waals surface area contributed by atoms with Gasteiger partial charge in [-0.15, -0.1) is 11.6 Å². The lowest BCUT2D eigenvalue weighted by Gasteiger charge is -2.16. The highest BCUT2D eigenvalue weighted by Crippen LogP contribution is 2.09. The van der Waals surface area contributed by atoms with E-state index in [1.807, 2.05) is 30.3 Å². The zero-order chi connectivity index (χ0) is 19.9. The minimum absolute atomic E-state index is 0.0455. The third-order valence-corrected chi connectivity index (χ3v) is 4.16. The molecule has 1 aromatic carbocycles. The molecule has 0 aliphatic carbocycles. The molecule has 2 N–H and O–H groups in total. The van der Waals surface area contributed by atoms with Crippen LogP contribution in [0.15, 0.2) is 41.5 Å². The summed E-state index contributed by atoms with van der Waals surface area (Å²) in [6.45, 7) is 2.16. The van der Waals surface area contributed by atoms with E-state index in [0.29, 0.717) is 13.2 Å². The Balaban J connectivity index is 1.60. The number of ether oxygens (including phenoxy) is 2. The van der Waals surface area contributed by atoms with Gasteiger partial charge in [0.2, 0.25) is 11.9 Å². The number of fused-ring (bicyclic) bond motifs is 1. The number of carbonyl (C=O) groups excluding carboxylic acids is 1. The van der Waals surface area contributed by atoms with Gasteiger partial charge in [0.05, 0.1) is 31.5 Å². The molecule has 9 nitrogen and oxygen atoms in total. The van der Waals surface area contributed by atoms with Gasteiger partial charge in [-0.3, -0.25) is 19.9 Å². The van der Waals surface area contributed by atoms with Crippen molar-refractivity contribution in [3.8, 4) is 0 Å². The summed E-state index contributed by atoms with van der Waals surface area (Å²) in [5, 5.41) is 2.42. The first-order valence-corrected chi connectivity index (χ1v) is 9.12. The molecule has 3 rings (SSSR count). The van der Waals surface area contributed by atoms with Gasteiger partial charge < -0.3 is 14.0 Å². The number of imidazole rings is 1. The van der Waals surface area contributed by atoms with E-state index in [1.165, 1.54) is 17.8 Å². The highest BCUT2D eigenvalue weighted by molar-refractivity contribution is 6.18. The predicted molar refractivity (Wildman–Crippen MR) is 104 cm³/mol. The summed E-state index contributed by atoms with van der Waals surface area (Å²) in [5.41, 5.74) is 1.08. The van der Waals surface area contributed by atoms with Crippen LogP contribution in [0.3, 0.4) is 0 Å². The summed E-state index contributed by atoms with van der Waals surface area (Å²) in [6.07, 6.45) is 1.09. The lowest BCUT2D eigenvalue weighted by molar-refractivity contribution is -0.114. The van der Waals surface area contributed by atoms with E-state index >= 15 is 0 Å². The third-order valence-electron chi connectivity index (χ3n) is 3.81. The summed E-state index contributed by atoms with van der Waals surface area (Å²) < 4.78 is 12.9. The van der Waals surface area contributed by atoms with Crippen LogP contribution in [0.5, 0.6) is 0 Å². The Labute approximate surface area is 165 Å². The van der Waals surface area contributed by atoms with Crippen LogP contribution in [0.25, 0.3) is 11.2 Å². The molecule has 10 heteroatoms. The monoisotopic (exact) mass is 405 g/mol. The maximum atomic E-state index is 12.3. The van der Waals surface area contributed by atoms with Gasteiger partial charge in [0.15, 0.2) is 11.2 Å². The van der Waals surface area contributed by atoms with Crippen molar-refractivity contribution in [1.82, 2.24) is 19.5 Å². The van der Waals surface area contributed by atoms with Crippen molar-refractivity contribution >= 4 is 34.6 Å². The number of amides is 1. The molecule has 0 saturated carbocycles. The average molecular weight is 406 g/mol. The van der Waals surface area contributed by atoms with Gasteiger partial charge in [-0.25, -0.2) is 4.98 Å². The van der Waals surface area contributed by atoms with Crippen molar-refractivity contribution in [2.75, 3.05) is 17.8 Å². The molecule has 0 fully saturated rings. The number of benzene rings is 1. The number of halogens is 1. The molecule has 0 aliphatic rings. The summed E-state index contributed by atoms with van der Waals surface area (Å²) >= 11 is 5.96. The fraction of sp³-hybridized carbons (Fsp3) is 0.333. The maximum Gasteiger partial charge on any atom is 0.278 e. The number of hydrogen-bond donors (Lipinski definition) is 2. The van der Waals surface area contributed by atoms with Crippen molar-refractivity contribution in [2.24, 2.45) is 0 Å². The number of rotatable bonds is 9. The molecule has 28 heavy (non-hydrogen) atoms. The molecular weight excluding hydrogens is 386 g/mol. The zero-order valence-corrected chi connectivity index (χ0v) is 16.0. The number of aromatic nitrogens is 4. The van der Waals surface area contributed by atoms with Crippen LogP contribution in [0.4, 0.5) is 5.95 Å². The van der Waals surface area contributed by atoms with Gasteiger partial charge in [0.25, 0.3) is 5.56 Å². The molecule has 148 valence electrons. The SMILES string of the molecule is CC(=O)Nc1nc2ncn(COC(CCl)COCc3ccccc3)c2c(=O)[nH]1. The van der Waals surface area contributed by atoms with Crippen LogP contribution in [-0.4, -0.2) is 44.0 Å². The summed E-state index contributed by atoms with van der Waals surface area (Å²) in [5.74, 6) is -0.0577. The minimum Gasteiger partial charge on any atom is -0.374 e. The molecule has 1 unspecified atom stereocenters. The highest BCUT2D eigenvalue weighted by Gasteiger charge is 2.14. The van der Waals surface area contributed by atoms with Crippen molar-refractivity contribution in [2.45, 2.75) is 26.4 Å². The second-order valence-electron chi connectivity index (χ2n) is 6.06. The standard InChI is InChI=1S/C18H20ClN5O4/c1-12(25)21-18-22-16-15(17(26)23-18)24(10-20-16)11-28-14(7-19)9-27-8-13-5-3-2-4-6-13/h2-6,10,14H,7-9,11H2,1H3,(H2,21,22,23,25,26). The average Bonchev–Trinajstić information content (AvgIpc) is 3.08. The molecule has 0 saturated heterocycles. The summed E-state index contributed by atoms with van der Waals surface area (Å²) in [6, 6.07) is 9.78. The van der Waals surface area contributed by atoms with Gasteiger partial charge >= 0.3 is 0 Å². The van der Waals surface area contributed by atoms with Crippen molar-refractivity contribution in [1.29, 1.82) is 0 Å². The Morgan fingerprint density at radius 1 is 1.36 bits per heavy atom. The molecule has 3 aromatic rings. The van der Waals surface area contributed by atoms with Crippen LogP contribution >= 0.6 is 11.6 Å². The van der Waals surface area contributed by atoms with E-state index in [1.54, 1.807) is 0 Å². The number of aromatic amines is 1. The fourth-order valence-corrected chi connectivity index (χ4v) is 2.69. The second-order valence-corrected chi connectivity index (χ2v) is 6.36. The zero-order valence-electron chi connectivity index (χ0n) is 15.2. The van der Waals surface area contributed by atoms with E-state index in [9.17, 15) is 9.59 Å². The van der Waals surface area contributed by atoms with E-state index in [4.69, 9.17) is 21.1 Å². The van der Waals surface area contributed by atoms with Gasteiger partial charge in [-0.1, -0.05) is 30.3 Å². The first-order chi connectivity index (χ1) is 13.6. The third kappa shape index (κ3) is 5.16. The molecule has 1 amide bonds. The molecule has 2 aromatic heterocycles. The van der Waals surface area contributed by atoms with Gasteiger partial charge in [-0.05, 0) is 5.56 Å². The molecule has 1 atom stereocenters. The number of nitrogens with zero attached hydrogens (tertiary/aromatic N) is 3. The van der Waals surface area contributed by atoms with E-state index < -0.39 is 5.56 Å². The van der Waals surface area contributed by atoms with E-state index in [2.05, 4.69) is 20.3 Å². The molecular formula is C18H20ClN5O4. The fourth-order valence-electron chi connectivity index (χ4n) is 2.52. The topological polar surface area (TPSA) is 111 Å². The van der Waals surface area contributed by atoms with Crippen LogP contribution < -0.4 is 10.9 Å². The van der Waals surface area contributed by atoms with Crippen LogP contribution in [0.2, 0.25) is 0 Å². The van der Waals surface area contributed by atoms with Gasteiger partial charge in [-0.2, -0.15) is 4.98 Å². The molecule has 0 bridgehead atoms. The van der Waals surface area contributed by atoms with Crippen LogP contribution in [0, 0.1) is 0 Å². The Bertz CT molecular complexity index is 989. The smallest absolute Gasteiger partial charge is 0.278 e. The highest BCUT2D eigenvalue weighted by atomic mass is 35.5. The summed E-state index contributed by atoms with van der Waals surface area (Å²) in [4.78, 5) is 34.1.